The van der Waals surface area contributed by atoms with Gasteiger partial charge < -0.3 is 15.7 Å². The van der Waals surface area contributed by atoms with Crippen molar-refractivity contribution in [3.8, 4) is 0 Å². The molecule has 5 heteroatoms. The molecule has 110 valence electrons. The molecule has 0 radical (unpaired) electrons. The van der Waals surface area contributed by atoms with Crippen LogP contribution in [-0.4, -0.2) is 35.6 Å². The third kappa shape index (κ3) is 6.33. The van der Waals surface area contributed by atoms with Gasteiger partial charge in [0.2, 0.25) is 5.91 Å². The molecule has 1 atom stereocenters. The van der Waals surface area contributed by atoms with Gasteiger partial charge in [-0.3, -0.25) is 4.79 Å². The van der Waals surface area contributed by atoms with Crippen LogP contribution in [0.25, 0.3) is 0 Å². The zero-order valence-electron chi connectivity index (χ0n) is 11.9. The van der Waals surface area contributed by atoms with E-state index in [1.54, 1.807) is 0 Å². The molecule has 0 spiro atoms. The highest BCUT2D eigenvalue weighted by atomic mass is 16.4. The maximum atomic E-state index is 11.7. The quantitative estimate of drug-likeness (QED) is 0.667. The summed E-state index contributed by atoms with van der Waals surface area (Å²) in [6.45, 7) is 4.53. The van der Waals surface area contributed by atoms with Gasteiger partial charge in [0, 0.05) is 25.4 Å². The summed E-state index contributed by atoms with van der Waals surface area (Å²) in [7, 11) is 0. The summed E-state index contributed by atoms with van der Waals surface area (Å²) in [4.78, 5) is 22.9. The Balaban J connectivity index is 2.47. The van der Waals surface area contributed by atoms with Gasteiger partial charge in [0.05, 0.1) is 0 Å². The molecule has 0 aliphatic heterocycles. The number of amides is 1. The molecule has 1 aromatic rings. The minimum atomic E-state index is -1.01. The van der Waals surface area contributed by atoms with Crippen molar-refractivity contribution >= 4 is 11.9 Å². The maximum Gasteiger partial charge on any atom is 0.326 e. The van der Waals surface area contributed by atoms with Gasteiger partial charge in [-0.15, -0.1) is 0 Å². The van der Waals surface area contributed by atoms with Gasteiger partial charge in [0.15, 0.2) is 0 Å². The molecule has 0 aromatic heterocycles. The van der Waals surface area contributed by atoms with Crippen molar-refractivity contribution in [3.05, 3.63) is 35.9 Å². The number of carbonyl (C=O) groups is 2. The lowest BCUT2D eigenvalue weighted by Gasteiger charge is -2.15. The average Bonchev–Trinajstić information content (AvgIpc) is 2.38. The molecule has 1 rings (SSSR count). The van der Waals surface area contributed by atoms with Gasteiger partial charge in [-0.2, -0.15) is 0 Å². The summed E-state index contributed by atoms with van der Waals surface area (Å²) < 4.78 is 0. The molecule has 0 heterocycles. The van der Waals surface area contributed by atoms with Crippen LogP contribution in [0, 0.1) is 0 Å². The summed E-state index contributed by atoms with van der Waals surface area (Å²) in [6, 6.07) is 8.69. The highest BCUT2D eigenvalue weighted by molar-refractivity contribution is 5.83. The second kappa shape index (κ2) is 8.32. The predicted molar refractivity (Wildman–Crippen MR) is 77.5 cm³/mol. The molecule has 0 aliphatic rings. The second-order valence-electron chi connectivity index (χ2n) is 5.01. The van der Waals surface area contributed by atoms with E-state index in [9.17, 15) is 9.59 Å². The highest BCUT2D eigenvalue weighted by Gasteiger charge is 2.19. The number of hydrogen-bond donors (Lipinski definition) is 3. The van der Waals surface area contributed by atoms with Crippen LogP contribution in [0.5, 0.6) is 0 Å². The molecule has 0 bridgehead atoms. The maximum absolute atomic E-state index is 11.7. The van der Waals surface area contributed by atoms with Crippen LogP contribution in [0.3, 0.4) is 0 Å². The molecule has 5 nitrogen and oxygen atoms in total. The Morgan fingerprint density at radius 1 is 1.20 bits per heavy atom. The first-order valence-electron chi connectivity index (χ1n) is 6.78. The van der Waals surface area contributed by atoms with E-state index in [2.05, 4.69) is 10.6 Å². The topological polar surface area (TPSA) is 78.4 Å². The van der Waals surface area contributed by atoms with Gasteiger partial charge in [-0.05, 0) is 5.56 Å². The van der Waals surface area contributed by atoms with E-state index < -0.39 is 12.0 Å². The molecule has 0 saturated carbocycles. The first kappa shape index (κ1) is 16.2. The van der Waals surface area contributed by atoms with Crippen molar-refractivity contribution < 1.29 is 14.7 Å². The first-order valence-corrected chi connectivity index (χ1v) is 6.78. The summed E-state index contributed by atoms with van der Waals surface area (Å²) >= 11 is 0. The molecule has 3 N–H and O–H groups in total. The van der Waals surface area contributed by atoms with Crippen LogP contribution in [0.4, 0.5) is 0 Å². The molecule has 0 unspecified atom stereocenters. The van der Waals surface area contributed by atoms with Crippen LogP contribution < -0.4 is 10.6 Å². The van der Waals surface area contributed by atoms with Crippen molar-refractivity contribution in [1.82, 2.24) is 10.6 Å². The Labute approximate surface area is 119 Å². The molecule has 0 aliphatic carbocycles. The number of carbonyl (C=O) groups excluding carboxylic acids is 1. The number of aliphatic carboxylic acids is 1. The van der Waals surface area contributed by atoms with Crippen LogP contribution >= 0.6 is 0 Å². The zero-order valence-corrected chi connectivity index (χ0v) is 11.9. The Morgan fingerprint density at radius 3 is 2.40 bits per heavy atom. The molecule has 0 fully saturated rings. The summed E-state index contributed by atoms with van der Waals surface area (Å²) in [5.74, 6) is -1.26. The largest absolute Gasteiger partial charge is 0.480 e. The number of nitrogens with one attached hydrogen (secondary N) is 2. The summed E-state index contributed by atoms with van der Waals surface area (Å²) in [6.07, 6.45) is 0.566. The van der Waals surface area contributed by atoms with Crippen molar-refractivity contribution in [3.63, 3.8) is 0 Å². The third-order valence-corrected chi connectivity index (χ3v) is 2.82. The average molecular weight is 278 g/mol. The Bertz CT molecular complexity index is 432. The van der Waals surface area contributed by atoms with Crippen LogP contribution in [-0.2, 0) is 16.0 Å². The fraction of sp³-hybridized carbons (Fsp3) is 0.467. The number of benzene rings is 1. The Kier molecular flexibility index (Phi) is 6.73. The van der Waals surface area contributed by atoms with E-state index >= 15 is 0 Å². The first-order chi connectivity index (χ1) is 9.49. The summed E-state index contributed by atoms with van der Waals surface area (Å²) in [5.41, 5.74) is 0.889. The van der Waals surface area contributed by atoms with E-state index in [1.165, 1.54) is 0 Å². The van der Waals surface area contributed by atoms with Crippen LogP contribution in [0.2, 0.25) is 0 Å². The van der Waals surface area contributed by atoms with Gasteiger partial charge in [0.25, 0.3) is 0 Å². The van der Waals surface area contributed by atoms with Crippen LogP contribution in [0.15, 0.2) is 30.3 Å². The van der Waals surface area contributed by atoms with Crippen molar-refractivity contribution in [2.24, 2.45) is 0 Å². The van der Waals surface area contributed by atoms with E-state index in [4.69, 9.17) is 5.11 Å². The number of hydrogen-bond acceptors (Lipinski definition) is 3. The van der Waals surface area contributed by atoms with Crippen LogP contribution in [0.1, 0.15) is 25.8 Å². The number of carboxylic acids is 1. The Morgan fingerprint density at radius 2 is 1.85 bits per heavy atom. The normalized spacial score (nSPS) is 12.2. The van der Waals surface area contributed by atoms with E-state index in [0.717, 1.165) is 5.56 Å². The molecule has 1 aromatic carbocycles. The molecule has 0 saturated heterocycles. The number of rotatable bonds is 8. The molecular weight excluding hydrogens is 256 g/mol. The zero-order chi connectivity index (χ0) is 15.0. The van der Waals surface area contributed by atoms with Gasteiger partial charge in [0.1, 0.15) is 6.04 Å². The van der Waals surface area contributed by atoms with E-state index in [-0.39, 0.29) is 12.3 Å². The minimum absolute atomic E-state index is 0.249. The molecule has 1 amide bonds. The lowest BCUT2D eigenvalue weighted by atomic mass is 10.1. The molecular formula is C15H22N2O3. The monoisotopic (exact) mass is 278 g/mol. The van der Waals surface area contributed by atoms with Crippen molar-refractivity contribution in [2.75, 3.05) is 6.54 Å². The van der Waals surface area contributed by atoms with Gasteiger partial charge >= 0.3 is 5.97 Å². The second-order valence-corrected chi connectivity index (χ2v) is 5.01. The van der Waals surface area contributed by atoms with E-state index in [0.29, 0.717) is 19.0 Å². The standard InChI is InChI=1S/C15H22N2O3/c1-11(2)16-9-8-14(18)17-13(15(19)20)10-12-6-4-3-5-7-12/h3-7,11,13,16H,8-10H2,1-2H3,(H,17,18)(H,19,20)/t13-/m0/s1. The fourth-order valence-electron chi connectivity index (χ4n) is 1.79. The third-order valence-electron chi connectivity index (χ3n) is 2.82. The SMILES string of the molecule is CC(C)NCCC(=O)N[C@@H](Cc1ccccc1)C(=O)O. The van der Waals surface area contributed by atoms with Gasteiger partial charge in [-0.25, -0.2) is 4.79 Å². The fourth-order valence-corrected chi connectivity index (χ4v) is 1.79. The predicted octanol–water partition coefficient (Wildman–Crippen LogP) is 1.19. The van der Waals surface area contributed by atoms with E-state index in [1.807, 2.05) is 44.2 Å². The minimum Gasteiger partial charge on any atom is -0.480 e. The smallest absolute Gasteiger partial charge is 0.326 e. The lowest BCUT2D eigenvalue weighted by Crippen LogP contribution is -2.43. The lowest BCUT2D eigenvalue weighted by molar-refractivity contribution is -0.141. The van der Waals surface area contributed by atoms with Gasteiger partial charge in [-0.1, -0.05) is 44.2 Å². The molecule has 20 heavy (non-hydrogen) atoms. The summed E-state index contributed by atoms with van der Waals surface area (Å²) in [5, 5.41) is 14.8. The van der Waals surface area contributed by atoms with Crippen molar-refractivity contribution in [1.29, 1.82) is 0 Å². The highest BCUT2D eigenvalue weighted by Crippen LogP contribution is 2.03. The van der Waals surface area contributed by atoms with Crippen molar-refractivity contribution in [2.45, 2.75) is 38.8 Å². The number of carboxylic acid groups (broad SMARTS) is 1. The Hall–Kier alpha value is -1.88.